The molecule has 0 fully saturated rings. The molecule has 0 spiro atoms. The van der Waals surface area contributed by atoms with Gasteiger partial charge in [-0.05, 0) is 75.1 Å². The van der Waals surface area contributed by atoms with Crippen LogP contribution in [-0.4, -0.2) is 20.9 Å². The molecule has 1 N–H and O–H groups in total. The number of amides is 1. The number of benzene rings is 3. The second kappa shape index (κ2) is 9.57. The number of hydrogen-bond donors (Lipinski definition) is 1. The van der Waals surface area contributed by atoms with Gasteiger partial charge in [0.2, 0.25) is 5.91 Å². The zero-order chi connectivity index (χ0) is 23.5. The Morgan fingerprint density at radius 3 is 2.16 bits per heavy atom. The Hall–Kier alpha value is -3.12. The van der Waals surface area contributed by atoms with Crippen molar-refractivity contribution in [2.45, 2.75) is 45.6 Å². The molecule has 0 aliphatic rings. The second-order valence-electron chi connectivity index (χ2n) is 8.26. The van der Waals surface area contributed by atoms with Crippen molar-refractivity contribution in [3.8, 4) is 0 Å². The van der Waals surface area contributed by atoms with E-state index in [0.717, 1.165) is 27.8 Å². The van der Waals surface area contributed by atoms with E-state index in [2.05, 4.69) is 11.4 Å². The Morgan fingerprint density at radius 2 is 1.50 bits per heavy atom. The quantitative estimate of drug-likeness (QED) is 0.551. The summed E-state index contributed by atoms with van der Waals surface area (Å²) in [5, 5.41) is 2.97. The molecule has 0 unspecified atom stereocenters. The first-order chi connectivity index (χ1) is 15.1. The van der Waals surface area contributed by atoms with E-state index in [1.165, 1.54) is 4.31 Å². The second-order valence-corrected chi connectivity index (χ2v) is 10.1. The molecule has 1 amide bonds. The van der Waals surface area contributed by atoms with Gasteiger partial charge >= 0.3 is 0 Å². The molecule has 0 aliphatic carbocycles. The normalized spacial score (nSPS) is 12.3. The van der Waals surface area contributed by atoms with Crippen LogP contribution >= 0.6 is 0 Å². The van der Waals surface area contributed by atoms with Crippen molar-refractivity contribution < 1.29 is 13.2 Å². The molecule has 3 aromatic carbocycles. The van der Waals surface area contributed by atoms with Gasteiger partial charge in [0.25, 0.3) is 10.0 Å². The summed E-state index contributed by atoms with van der Waals surface area (Å²) in [6.07, 6.45) is 0. The molecule has 3 rings (SSSR count). The number of carbonyl (C=O) groups is 1. The predicted octanol–water partition coefficient (Wildman–Crippen LogP) is 4.99. The monoisotopic (exact) mass is 450 g/mol. The van der Waals surface area contributed by atoms with E-state index in [1.807, 2.05) is 58.9 Å². The molecule has 0 radical (unpaired) electrons. The third kappa shape index (κ3) is 5.19. The summed E-state index contributed by atoms with van der Waals surface area (Å²) >= 11 is 0. The van der Waals surface area contributed by atoms with Gasteiger partial charge in [0.1, 0.15) is 6.54 Å². The molecule has 0 bridgehead atoms. The summed E-state index contributed by atoms with van der Waals surface area (Å²) < 4.78 is 28.3. The van der Waals surface area contributed by atoms with Crippen LogP contribution in [0, 0.1) is 27.7 Å². The highest BCUT2D eigenvalue weighted by atomic mass is 32.2. The van der Waals surface area contributed by atoms with Crippen LogP contribution in [0.1, 0.15) is 40.8 Å². The van der Waals surface area contributed by atoms with E-state index < -0.39 is 10.0 Å². The van der Waals surface area contributed by atoms with E-state index in [0.29, 0.717) is 5.69 Å². The Balaban J connectivity index is 1.94. The van der Waals surface area contributed by atoms with Gasteiger partial charge in [-0.3, -0.25) is 9.10 Å². The molecule has 0 saturated carbocycles. The van der Waals surface area contributed by atoms with E-state index in [1.54, 1.807) is 36.4 Å². The van der Waals surface area contributed by atoms with Crippen molar-refractivity contribution in [1.82, 2.24) is 5.32 Å². The minimum Gasteiger partial charge on any atom is -0.348 e. The first-order valence-corrected chi connectivity index (χ1v) is 12.0. The molecule has 0 aliphatic heterocycles. The van der Waals surface area contributed by atoms with Crippen LogP contribution in [0.25, 0.3) is 0 Å². The Labute approximate surface area is 191 Å². The largest absolute Gasteiger partial charge is 0.348 e. The van der Waals surface area contributed by atoms with Crippen molar-refractivity contribution in [3.05, 3.63) is 94.5 Å². The van der Waals surface area contributed by atoms with Crippen LogP contribution in [0.2, 0.25) is 0 Å². The lowest BCUT2D eigenvalue weighted by molar-refractivity contribution is -0.120. The van der Waals surface area contributed by atoms with Crippen LogP contribution < -0.4 is 9.62 Å². The number of sulfonamides is 1. The number of aryl methyl sites for hydroxylation is 4. The van der Waals surface area contributed by atoms with Gasteiger partial charge in [-0.15, -0.1) is 0 Å². The maximum absolute atomic E-state index is 13.5. The SMILES string of the molecule is Cc1ccc([C@@H](C)NC(=O)CN(c2cc(C)ccc2C)S(=O)(=O)c2ccccc2)c(C)c1. The number of nitrogens with one attached hydrogen (secondary N) is 1. The molecule has 3 aromatic rings. The highest BCUT2D eigenvalue weighted by molar-refractivity contribution is 7.92. The van der Waals surface area contributed by atoms with Crippen LogP contribution in [0.4, 0.5) is 5.69 Å². The molecule has 0 saturated heterocycles. The van der Waals surface area contributed by atoms with Crippen molar-refractivity contribution >= 4 is 21.6 Å². The summed E-state index contributed by atoms with van der Waals surface area (Å²) in [6.45, 7) is 9.38. The molecule has 6 heteroatoms. The average Bonchev–Trinajstić information content (AvgIpc) is 2.74. The highest BCUT2D eigenvalue weighted by Crippen LogP contribution is 2.28. The van der Waals surface area contributed by atoms with Gasteiger partial charge in [0.05, 0.1) is 16.6 Å². The standard InChI is InChI=1S/C26H30N2O3S/c1-18-12-14-24(21(4)15-18)22(5)27-26(29)17-28(25-16-19(2)11-13-20(25)3)32(30,31)23-9-7-6-8-10-23/h6-16,22H,17H2,1-5H3,(H,27,29)/t22-/m1/s1. The third-order valence-corrected chi connectivity index (χ3v) is 7.30. The van der Waals surface area contributed by atoms with E-state index in [9.17, 15) is 13.2 Å². The fourth-order valence-electron chi connectivity index (χ4n) is 3.81. The first kappa shape index (κ1) is 23.5. The lowest BCUT2D eigenvalue weighted by Gasteiger charge is -2.27. The van der Waals surface area contributed by atoms with Crippen LogP contribution in [0.3, 0.4) is 0 Å². The number of anilines is 1. The van der Waals surface area contributed by atoms with Crippen molar-refractivity contribution in [2.24, 2.45) is 0 Å². The summed E-state index contributed by atoms with van der Waals surface area (Å²) in [4.78, 5) is 13.2. The zero-order valence-corrected chi connectivity index (χ0v) is 20.0. The van der Waals surface area contributed by atoms with Crippen LogP contribution in [0.15, 0.2) is 71.6 Å². The smallest absolute Gasteiger partial charge is 0.264 e. The predicted molar refractivity (Wildman–Crippen MR) is 129 cm³/mol. The molecule has 0 aromatic heterocycles. The van der Waals surface area contributed by atoms with Gasteiger partial charge in [-0.1, -0.05) is 54.1 Å². The first-order valence-electron chi connectivity index (χ1n) is 10.6. The van der Waals surface area contributed by atoms with Gasteiger partial charge in [-0.2, -0.15) is 0 Å². The van der Waals surface area contributed by atoms with Gasteiger partial charge in [-0.25, -0.2) is 8.42 Å². The lowest BCUT2D eigenvalue weighted by Crippen LogP contribution is -2.42. The summed E-state index contributed by atoms with van der Waals surface area (Å²) in [6, 6.07) is 19.6. The Morgan fingerprint density at radius 1 is 0.875 bits per heavy atom. The summed E-state index contributed by atoms with van der Waals surface area (Å²) in [5.41, 5.74) is 5.45. The fraction of sp³-hybridized carbons (Fsp3) is 0.269. The highest BCUT2D eigenvalue weighted by Gasteiger charge is 2.28. The minimum absolute atomic E-state index is 0.149. The maximum atomic E-state index is 13.5. The number of rotatable bonds is 7. The van der Waals surface area contributed by atoms with E-state index in [-0.39, 0.29) is 23.4 Å². The fourth-order valence-corrected chi connectivity index (χ4v) is 5.31. The average molecular weight is 451 g/mol. The van der Waals surface area contributed by atoms with E-state index >= 15 is 0 Å². The van der Waals surface area contributed by atoms with E-state index in [4.69, 9.17) is 0 Å². The minimum atomic E-state index is -3.93. The molecular weight excluding hydrogens is 420 g/mol. The molecular formula is C26H30N2O3S. The molecule has 0 heterocycles. The van der Waals surface area contributed by atoms with Gasteiger partial charge in [0.15, 0.2) is 0 Å². The van der Waals surface area contributed by atoms with Crippen LogP contribution in [-0.2, 0) is 14.8 Å². The topological polar surface area (TPSA) is 66.5 Å². The third-order valence-electron chi connectivity index (χ3n) is 5.52. The van der Waals surface area contributed by atoms with Gasteiger partial charge in [0, 0.05) is 0 Å². The van der Waals surface area contributed by atoms with Gasteiger partial charge < -0.3 is 5.32 Å². The Bertz CT molecular complexity index is 1220. The number of carbonyl (C=O) groups excluding carboxylic acids is 1. The molecule has 5 nitrogen and oxygen atoms in total. The van der Waals surface area contributed by atoms with Crippen molar-refractivity contribution in [1.29, 1.82) is 0 Å². The summed E-state index contributed by atoms with van der Waals surface area (Å²) in [7, 11) is -3.93. The van der Waals surface area contributed by atoms with Crippen LogP contribution in [0.5, 0.6) is 0 Å². The van der Waals surface area contributed by atoms with Crippen molar-refractivity contribution in [3.63, 3.8) is 0 Å². The number of hydrogen-bond acceptors (Lipinski definition) is 3. The molecule has 32 heavy (non-hydrogen) atoms. The maximum Gasteiger partial charge on any atom is 0.264 e. The Kier molecular flexibility index (Phi) is 7.04. The van der Waals surface area contributed by atoms with Crippen molar-refractivity contribution in [2.75, 3.05) is 10.8 Å². The zero-order valence-electron chi connectivity index (χ0n) is 19.2. The number of nitrogens with zero attached hydrogens (tertiary/aromatic N) is 1. The summed E-state index contributed by atoms with van der Waals surface area (Å²) in [5.74, 6) is -0.363. The lowest BCUT2D eigenvalue weighted by atomic mass is 10.0. The molecule has 168 valence electrons. The molecule has 1 atom stereocenters.